The number of fused-ring (bicyclic) bond motifs is 1. The Morgan fingerprint density at radius 2 is 1.63 bits per heavy atom. The van der Waals surface area contributed by atoms with E-state index in [1.807, 2.05) is 54.6 Å². The van der Waals surface area contributed by atoms with Gasteiger partial charge in [-0.2, -0.15) is 0 Å². The smallest absolute Gasteiger partial charge is 0.306 e. The number of carbonyl (C=O) groups is 1. The molecule has 0 N–H and O–H groups in total. The van der Waals surface area contributed by atoms with E-state index < -0.39 is 5.82 Å². The van der Waals surface area contributed by atoms with Gasteiger partial charge in [0.2, 0.25) is 0 Å². The Bertz CT molecular complexity index is 1330. The molecule has 0 amide bonds. The van der Waals surface area contributed by atoms with Gasteiger partial charge >= 0.3 is 5.97 Å². The molecule has 0 atom stereocenters. The largest absolute Gasteiger partial charge is 0.497 e. The van der Waals surface area contributed by atoms with Crippen LogP contribution in [0.2, 0.25) is 0 Å². The SMILES string of the molecule is CCOC(=O)CCc1ccc(Oc2c(-c3ccc(OC)c(F)c3)ccc3cc(OC)ccc23)cc1. The minimum absolute atomic E-state index is 0.181. The summed E-state index contributed by atoms with van der Waals surface area (Å²) in [7, 11) is 3.06. The molecular weight excluding hydrogens is 447 g/mol. The van der Waals surface area contributed by atoms with Crippen LogP contribution in [-0.4, -0.2) is 26.8 Å². The highest BCUT2D eigenvalue weighted by atomic mass is 19.1. The molecule has 0 spiro atoms. The monoisotopic (exact) mass is 474 g/mol. The average molecular weight is 475 g/mol. The number of benzene rings is 4. The summed E-state index contributed by atoms with van der Waals surface area (Å²) in [6.45, 7) is 2.17. The fourth-order valence-electron chi connectivity index (χ4n) is 3.90. The average Bonchev–Trinajstić information content (AvgIpc) is 2.88. The zero-order chi connectivity index (χ0) is 24.8. The predicted octanol–water partition coefficient (Wildman–Crippen LogP) is 6.95. The first kappa shape index (κ1) is 24.1. The van der Waals surface area contributed by atoms with Crippen LogP contribution in [0.4, 0.5) is 4.39 Å². The van der Waals surface area contributed by atoms with E-state index in [1.54, 1.807) is 26.2 Å². The fourth-order valence-corrected chi connectivity index (χ4v) is 3.90. The van der Waals surface area contributed by atoms with Crippen molar-refractivity contribution in [3.05, 3.63) is 84.2 Å². The molecule has 0 saturated carbocycles. The molecule has 6 heteroatoms. The molecule has 0 heterocycles. The van der Waals surface area contributed by atoms with E-state index in [2.05, 4.69) is 0 Å². The van der Waals surface area contributed by atoms with Gasteiger partial charge in [-0.25, -0.2) is 4.39 Å². The van der Waals surface area contributed by atoms with Crippen LogP contribution in [0.3, 0.4) is 0 Å². The van der Waals surface area contributed by atoms with Gasteiger partial charge in [0.25, 0.3) is 0 Å². The normalized spacial score (nSPS) is 10.7. The highest BCUT2D eigenvalue weighted by Gasteiger charge is 2.15. The Morgan fingerprint density at radius 1 is 0.857 bits per heavy atom. The molecule has 0 aliphatic carbocycles. The summed E-state index contributed by atoms with van der Waals surface area (Å²) in [5.41, 5.74) is 2.42. The maximum atomic E-state index is 14.5. The van der Waals surface area contributed by atoms with Gasteiger partial charge in [-0.3, -0.25) is 4.79 Å². The van der Waals surface area contributed by atoms with Gasteiger partial charge in [-0.05, 0) is 78.4 Å². The summed E-state index contributed by atoms with van der Waals surface area (Å²) in [6, 6.07) is 22.0. The number of halogens is 1. The van der Waals surface area contributed by atoms with Crippen LogP contribution in [0.15, 0.2) is 72.8 Å². The summed E-state index contributed by atoms with van der Waals surface area (Å²) >= 11 is 0. The maximum absolute atomic E-state index is 14.5. The molecule has 0 fully saturated rings. The minimum atomic E-state index is -0.447. The molecule has 0 aliphatic heterocycles. The molecule has 4 rings (SSSR count). The van der Waals surface area contributed by atoms with Gasteiger partial charge in [-0.1, -0.05) is 24.3 Å². The predicted molar refractivity (Wildman–Crippen MR) is 134 cm³/mol. The highest BCUT2D eigenvalue weighted by Crippen LogP contribution is 2.41. The molecule has 4 aromatic carbocycles. The van der Waals surface area contributed by atoms with Crippen LogP contribution >= 0.6 is 0 Å². The van der Waals surface area contributed by atoms with Gasteiger partial charge < -0.3 is 18.9 Å². The number of methoxy groups -OCH3 is 2. The van der Waals surface area contributed by atoms with Gasteiger partial charge in [0.15, 0.2) is 11.6 Å². The molecule has 5 nitrogen and oxygen atoms in total. The first-order valence-corrected chi connectivity index (χ1v) is 11.4. The second-order valence-electron chi connectivity index (χ2n) is 7.93. The fraction of sp³-hybridized carbons (Fsp3) is 0.207. The maximum Gasteiger partial charge on any atom is 0.306 e. The number of ether oxygens (including phenoxy) is 4. The van der Waals surface area contributed by atoms with E-state index in [4.69, 9.17) is 18.9 Å². The Morgan fingerprint density at radius 3 is 2.31 bits per heavy atom. The number of aryl methyl sites for hydroxylation is 1. The Labute approximate surface area is 204 Å². The molecule has 35 heavy (non-hydrogen) atoms. The Kier molecular flexibility index (Phi) is 7.51. The van der Waals surface area contributed by atoms with Crippen LogP contribution < -0.4 is 14.2 Å². The van der Waals surface area contributed by atoms with Crippen molar-refractivity contribution in [3.63, 3.8) is 0 Å². The van der Waals surface area contributed by atoms with Gasteiger partial charge in [0.05, 0.1) is 20.8 Å². The third kappa shape index (κ3) is 5.54. The number of rotatable bonds is 9. The molecule has 0 unspecified atom stereocenters. The molecule has 180 valence electrons. The van der Waals surface area contributed by atoms with Gasteiger partial charge in [-0.15, -0.1) is 0 Å². The first-order valence-electron chi connectivity index (χ1n) is 11.4. The van der Waals surface area contributed by atoms with E-state index in [1.165, 1.54) is 13.2 Å². The van der Waals surface area contributed by atoms with E-state index >= 15 is 0 Å². The van der Waals surface area contributed by atoms with Crippen molar-refractivity contribution < 1.29 is 28.1 Å². The standard InChI is InChI=1S/C29H27FO5/c1-4-34-28(31)16-7-19-5-10-22(11-6-19)35-29-24(21-9-15-27(33-3)26(30)18-21)13-8-20-17-23(32-2)12-14-25(20)29/h5-6,8-15,17-18H,4,7,16H2,1-3H3. The topological polar surface area (TPSA) is 54.0 Å². The minimum Gasteiger partial charge on any atom is -0.497 e. The van der Waals surface area contributed by atoms with Crippen molar-refractivity contribution in [2.45, 2.75) is 19.8 Å². The van der Waals surface area contributed by atoms with Crippen molar-refractivity contribution in [2.24, 2.45) is 0 Å². The first-order chi connectivity index (χ1) is 17.0. The lowest BCUT2D eigenvalue weighted by atomic mass is 9.99. The van der Waals surface area contributed by atoms with Crippen molar-refractivity contribution >= 4 is 16.7 Å². The van der Waals surface area contributed by atoms with Crippen molar-refractivity contribution in [3.8, 4) is 34.1 Å². The zero-order valence-electron chi connectivity index (χ0n) is 20.0. The second-order valence-corrected chi connectivity index (χ2v) is 7.93. The lowest BCUT2D eigenvalue weighted by Crippen LogP contribution is -2.05. The van der Waals surface area contributed by atoms with Crippen LogP contribution in [0.1, 0.15) is 18.9 Å². The number of esters is 1. The molecule has 0 saturated heterocycles. The molecule has 0 bridgehead atoms. The van der Waals surface area contributed by atoms with E-state index in [0.29, 0.717) is 36.5 Å². The number of carbonyl (C=O) groups excluding carboxylic acids is 1. The van der Waals surface area contributed by atoms with Crippen LogP contribution in [0.5, 0.6) is 23.0 Å². The summed E-state index contributed by atoms with van der Waals surface area (Å²) < 4.78 is 36.3. The second kappa shape index (κ2) is 10.9. The summed E-state index contributed by atoms with van der Waals surface area (Å²) in [6.07, 6.45) is 0.913. The lowest BCUT2D eigenvalue weighted by Gasteiger charge is -2.16. The molecule has 4 aromatic rings. The van der Waals surface area contributed by atoms with E-state index in [-0.39, 0.29) is 11.7 Å². The number of hydrogen-bond acceptors (Lipinski definition) is 5. The third-order valence-electron chi connectivity index (χ3n) is 5.71. The van der Waals surface area contributed by atoms with E-state index in [0.717, 1.165) is 27.6 Å². The molecule has 0 aromatic heterocycles. The van der Waals surface area contributed by atoms with Gasteiger partial charge in [0.1, 0.15) is 17.2 Å². The lowest BCUT2D eigenvalue weighted by molar-refractivity contribution is -0.143. The van der Waals surface area contributed by atoms with Gasteiger partial charge in [0, 0.05) is 17.4 Å². The Balaban J connectivity index is 1.70. The quantitative estimate of drug-likeness (QED) is 0.246. The molecule has 0 aliphatic rings. The molecule has 0 radical (unpaired) electrons. The van der Waals surface area contributed by atoms with Crippen molar-refractivity contribution in [1.82, 2.24) is 0 Å². The summed E-state index contributed by atoms with van der Waals surface area (Å²) in [5.74, 6) is 1.49. The Hall–Kier alpha value is -4.06. The summed E-state index contributed by atoms with van der Waals surface area (Å²) in [5, 5.41) is 1.80. The number of hydrogen-bond donors (Lipinski definition) is 0. The third-order valence-corrected chi connectivity index (χ3v) is 5.71. The summed E-state index contributed by atoms with van der Waals surface area (Å²) in [4.78, 5) is 11.6. The van der Waals surface area contributed by atoms with Crippen molar-refractivity contribution in [2.75, 3.05) is 20.8 Å². The van der Waals surface area contributed by atoms with Crippen LogP contribution in [0.25, 0.3) is 21.9 Å². The zero-order valence-corrected chi connectivity index (χ0v) is 20.0. The molecular formula is C29H27FO5. The van der Waals surface area contributed by atoms with Crippen molar-refractivity contribution in [1.29, 1.82) is 0 Å². The highest BCUT2D eigenvalue weighted by molar-refractivity contribution is 5.96. The van der Waals surface area contributed by atoms with Crippen LogP contribution in [-0.2, 0) is 16.0 Å². The van der Waals surface area contributed by atoms with Crippen LogP contribution in [0, 0.1) is 5.82 Å². The van der Waals surface area contributed by atoms with E-state index in [9.17, 15) is 9.18 Å².